The van der Waals surface area contributed by atoms with Crippen molar-refractivity contribution in [2.75, 3.05) is 6.61 Å². The van der Waals surface area contributed by atoms with Crippen molar-refractivity contribution in [3.8, 4) is 0 Å². The normalized spacial score (nSPS) is 16.8. The van der Waals surface area contributed by atoms with Gasteiger partial charge >= 0.3 is 5.97 Å². The quantitative estimate of drug-likeness (QED) is 0.730. The summed E-state index contributed by atoms with van der Waals surface area (Å²) >= 11 is 0. The molecule has 7 heteroatoms. The molecule has 2 atom stereocenters. The van der Waals surface area contributed by atoms with Gasteiger partial charge < -0.3 is 19.9 Å². The lowest BCUT2D eigenvalue weighted by Gasteiger charge is -2.18. The Kier molecular flexibility index (Phi) is 6.39. The summed E-state index contributed by atoms with van der Waals surface area (Å²) in [4.78, 5) is 23.8. The van der Waals surface area contributed by atoms with Crippen LogP contribution in [0.3, 0.4) is 0 Å². The number of carboxylic acid groups (broad SMARTS) is 1. The van der Waals surface area contributed by atoms with Gasteiger partial charge in [0.15, 0.2) is 12.1 Å². The number of carbonyl (C=O) groups is 2. The molecule has 0 saturated heterocycles. The first-order valence-corrected chi connectivity index (χ1v) is 8.80. The molecule has 2 N–H and O–H groups in total. The number of rotatable bonds is 8. The fourth-order valence-electron chi connectivity index (χ4n) is 2.76. The van der Waals surface area contributed by atoms with Gasteiger partial charge in [0.25, 0.3) is 5.91 Å². The maximum Gasteiger partial charge on any atom is 0.328 e. The molecule has 1 aliphatic heterocycles. The number of ether oxygens (including phenoxy) is 2. The van der Waals surface area contributed by atoms with Crippen LogP contribution in [0.15, 0.2) is 60.7 Å². The smallest absolute Gasteiger partial charge is 0.328 e. The summed E-state index contributed by atoms with van der Waals surface area (Å²) in [5.74, 6) is -1.76. The Balaban J connectivity index is 1.51. The number of aliphatic carboxylic acids is 1. The van der Waals surface area contributed by atoms with E-state index in [2.05, 4.69) is 5.32 Å². The maximum absolute atomic E-state index is 13.3. The van der Waals surface area contributed by atoms with Crippen molar-refractivity contribution in [1.29, 1.82) is 0 Å². The van der Waals surface area contributed by atoms with Gasteiger partial charge in [-0.05, 0) is 23.8 Å². The van der Waals surface area contributed by atoms with Crippen LogP contribution in [-0.4, -0.2) is 35.7 Å². The van der Waals surface area contributed by atoms with Crippen molar-refractivity contribution in [3.05, 3.63) is 77.6 Å². The second kappa shape index (κ2) is 9.14. The molecule has 3 rings (SSSR count). The summed E-state index contributed by atoms with van der Waals surface area (Å²) in [7, 11) is 0. The van der Waals surface area contributed by atoms with E-state index < -0.39 is 29.8 Å². The average molecular weight is 385 g/mol. The van der Waals surface area contributed by atoms with E-state index in [1.165, 1.54) is 12.1 Å². The van der Waals surface area contributed by atoms with Crippen LogP contribution >= 0.6 is 0 Å². The summed E-state index contributed by atoms with van der Waals surface area (Å²) in [5, 5.41) is 11.8. The molecular weight excluding hydrogens is 365 g/mol. The summed E-state index contributed by atoms with van der Waals surface area (Å²) in [6.45, 7) is 0.0680. The minimum atomic E-state index is -1.20. The molecule has 1 heterocycles. The van der Waals surface area contributed by atoms with Crippen LogP contribution in [0.2, 0.25) is 0 Å². The van der Waals surface area contributed by atoms with Crippen LogP contribution in [0.5, 0.6) is 0 Å². The molecule has 0 aliphatic carbocycles. The molecule has 2 unspecified atom stereocenters. The lowest BCUT2D eigenvalue weighted by Crippen LogP contribution is -2.47. The number of halogens is 1. The summed E-state index contributed by atoms with van der Waals surface area (Å²) in [6, 6.07) is 14.0. The number of hydrogen-bond acceptors (Lipinski definition) is 4. The van der Waals surface area contributed by atoms with Crippen molar-refractivity contribution in [3.63, 3.8) is 0 Å². The largest absolute Gasteiger partial charge is 0.480 e. The topological polar surface area (TPSA) is 84.9 Å². The van der Waals surface area contributed by atoms with Gasteiger partial charge in [-0.1, -0.05) is 42.5 Å². The highest BCUT2D eigenvalue weighted by Gasteiger charge is 2.30. The molecule has 1 aliphatic rings. The minimum absolute atomic E-state index is 0.174. The molecule has 2 aromatic carbocycles. The molecule has 0 bridgehead atoms. The fourth-order valence-corrected chi connectivity index (χ4v) is 2.76. The van der Waals surface area contributed by atoms with Crippen molar-refractivity contribution < 1.29 is 28.6 Å². The third-order valence-corrected chi connectivity index (χ3v) is 4.20. The predicted octanol–water partition coefficient (Wildman–Crippen LogP) is 2.74. The molecule has 0 fully saturated rings. The minimum Gasteiger partial charge on any atom is -0.480 e. The Morgan fingerprint density at radius 1 is 1.21 bits per heavy atom. The van der Waals surface area contributed by atoms with Crippen LogP contribution < -0.4 is 5.32 Å². The van der Waals surface area contributed by atoms with Crippen molar-refractivity contribution in [1.82, 2.24) is 5.32 Å². The Bertz CT molecular complexity index is 868. The van der Waals surface area contributed by atoms with Gasteiger partial charge in [0.05, 0.1) is 13.2 Å². The lowest BCUT2D eigenvalue weighted by atomic mass is 10.1. The summed E-state index contributed by atoms with van der Waals surface area (Å²) < 4.78 is 24.3. The van der Waals surface area contributed by atoms with Crippen LogP contribution in [0.1, 0.15) is 17.5 Å². The van der Waals surface area contributed by atoms with E-state index >= 15 is 0 Å². The molecule has 6 nitrogen and oxygen atoms in total. The van der Waals surface area contributed by atoms with Gasteiger partial charge in [-0.25, -0.2) is 9.18 Å². The molecule has 0 aromatic heterocycles. The standard InChI is InChI=1S/C21H20FNO5/c22-16-8-4-7-15(11-16)18-9-10-19(28-18)20(24)23-17(21(25)26)13-27-12-14-5-2-1-3-6-14/h1-9,11,17,19H,10,12-13H2,(H,23,24)(H,25,26). The van der Waals surface area contributed by atoms with E-state index in [1.54, 1.807) is 18.2 Å². The van der Waals surface area contributed by atoms with Crippen LogP contribution in [0, 0.1) is 5.82 Å². The number of amides is 1. The predicted molar refractivity (Wildman–Crippen MR) is 99.5 cm³/mol. The molecule has 0 spiro atoms. The third-order valence-electron chi connectivity index (χ3n) is 4.20. The average Bonchev–Trinajstić information content (AvgIpc) is 3.18. The van der Waals surface area contributed by atoms with E-state index in [0.717, 1.165) is 5.56 Å². The number of carboxylic acids is 1. The van der Waals surface area contributed by atoms with Gasteiger partial charge in [-0.2, -0.15) is 0 Å². The molecular formula is C21H20FNO5. The molecule has 2 aromatic rings. The van der Waals surface area contributed by atoms with E-state index in [4.69, 9.17) is 9.47 Å². The monoisotopic (exact) mass is 385 g/mol. The number of nitrogens with one attached hydrogen (secondary N) is 1. The Morgan fingerprint density at radius 2 is 2.00 bits per heavy atom. The van der Waals surface area contributed by atoms with Crippen molar-refractivity contribution in [2.45, 2.75) is 25.2 Å². The van der Waals surface area contributed by atoms with Gasteiger partial charge in [-0.15, -0.1) is 0 Å². The lowest BCUT2D eigenvalue weighted by molar-refractivity contribution is -0.145. The van der Waals surface area contributed by atoms with Crippen molar-refractivity contribution in [2.24, 2.45) is 0 Å². The van der Waals surface area contributed by atoms with Crippen LogP contribution in [0.25, 0.3) is 5.76 Å². The zero-order chi connectivity index (χ0) is 19.9. The first-order valence-electron chi connectivity index (χ1n) is 8.80. The highest BCUT2D eigenvalue weighted by atomic mass is 19.1. The van der Waals surface area contributed by atoms with Gasteiger partial charge in [0.2, 0.25) is 0 Å². The van der Waals surface area contributed by atoms with Crippen LogP contribution in [0.4, 0.5) is 4.39 Å². The fraction of sp³-hybridized carbons (Fsp3) is 0.238. The maximum atomic E-state index is 13.3. The van der Waals surface area contributed by atoms with E-state index in [0.29, 0.717) is 11.3 Å². The molecule has 146 valence electrons. The Morgan fingerprint density at radius 3 is 2.71 bits per heavy atom. The molecule has 0 radical (unpaired) electrons. The van der Waals surface area contributed by atoms with Crippen molar-refractivity contribution >= 4 is 17.6 Å². The zero-order valence-corrected chi connectivity index (χ0v) is 15.0. The second-order valence-electron chi connectivity index (χ2n) is 6.32. The van der Waals surface area contributed by atoms with E-state index in [-0.39, 0.29) is 19.6 Å². The van der Waals surface area contributed by atoms with Gasteiger partial charge in [0.1, 0.15) is 11.6 Å². The Labute approximate surface area is 161 Å². The highest BCUT2D eigenvalue weighted by Crippen LogP contribution is 2.26. The van der Waals surface area contributed by atoms with Gasteiger partial charge in [-0.3, -0.25) is 4.79 Å². The number of carbonyl (C=O) groups excluding carboxylic acids is 1. The SMILES string of the molecule is O=C(O)C(COCc1ccccc1)NC(=O)C1CC=C(c2cccc(F)c2)O1. The Hall–Kier alpha value is -3.19. The molecule has 1 amide bonds. The second-order valence-corrected chi connectivity index (χ2v) is 6.32. The highest BCUT2D eigenvalue weighted by molar-refractivity contribution is 5.88. The summed E-state index contributed by atoms with van der Waals surface area (Å²) in [6.07, 6.45) is 1.09. The van der Waals surface area contributed by atoms with E-state index in [9.17, 15) is 19.1 Å². The first kappa shape index (κ1) is 19.6. The summed E-state index contributed by atoms with van der Waals surface area (Å²) in [5.41, 5.74) is 1.43. The number of benzene rings is 2. The first-order chi connectivity index (χ1) is 13.5. The van der Waals surface area contributed by atoms with Gasteiger partial charge in [0, 0.05) is 12.0 Å². The van der Waals surface area contributed by atoms with E-state index in [1.807, 2.05) is 30.3 Å². The van der Waals surface area contributed by atoms with Crippen LogP contribution in [-0.2, 0) is 25.7 Å². The third kappa shape index (κ3) is 5.17. The number of hydrogen-bond donors (Lipinski definition) is 2. The zero-order valence-electron chi connectivity index (χ0n) is 15.0. The molecule has 28 heavy (non-hydrogen) atoms. The molecule has 0 saturated carbocycles.